The van der Waals surface area contributed by atoms with Crippen molar-refractivity contribution in [3.05, 3.63) is 104 Å². The van der Waals surface area contributed by atoms with Gasteiger partial charge in [-0.2, -0.15) is 13.2 Å². The molecule has 0 saturated carbocycles. The first-order chi connectivity index (χ1) is 18.3. The molecule has 0 saturated heterocycles. The van der Waals surface area contributed by atoms with E-state index in [0.717, 1.165) is 30.3 Å². The summed E-state index contributed by atoms with van der Waals surface area (Å²) in [5, 5.41) is 10.6. The van der Waals surface area contributed by atoms with E-state index in [1.54, 1.807) is 6.07 Å². The van der Waals surface area contributed by atoms with E-state index in [4.69, 9.17) is 21.1 Å². The van der Waals surface area contributed by atoms with Crippen LogP contribution in [0.5, 0.6) is 0 Å². The number of fused-ring (bicyclic) bond motifs is 1. The molecule has 0 radical (unpaired) electrons. The van der Waals surface area contributed by atoms with Gasteiger partial charge in [0, 0.05) is 23.1 Å². The smallest absolute Gasteiger partial charge is 0.418 e. The number of benzene rings is 3. The van der Waals surface area contributed by atoms with E-state index in [1.165, 1.54) is 24.3 Å². The summed E-state index contributed by atoms with van der Waals surface area (Å²) in [6.07, 6.45) is -3.66. The number of aliphatic carboxylic acids is 1. The summed E-state index contributed by atoms with van der Waals surface area (Å²) in [5.41, 5.74) is -3.02. The molecule has 4 rings (SSSR count). The van der Waals surface area contributed by atoms with Gasteiger partial charge < -0.3 is 14.8 Å². The Bertz CT molecular complexity index is 1710. The molecule has 3 aromatic carbocycles. The third-order valence-electron chi connectivity index (χ3n) is 5.53. The van der Waals surface area contributed by atoms with E-state index in [9.17, 15) is 36.3 Å². The summed E-state index contributed by atoms with van der Waals surface area (Å²) in [4.78, 5) is 36.8. The SMILES string of the molecule is O=C(O)C=Cc1cccc(-c2c(CC(=O)Nc3ccc(F)cc3C(F)(F)F)c(=O)oc3cc(Cl)c(F)cc23)c1. The minimum atomic E-state index is -4.99. The quantitative estimate of drug-likeness (QED) is 0.155. The molecule has 0 atom stereocenters. The molecule has 0 unspecified atom stereocenters. The minimum Gasteiger partial charge on any atom is -0.478 e. The first-order valence-electron chi connectivity index (χ1n) is 11.0. The third-order valence-corrected chi connectivity index (χ3v) is 5.82. The van der Waals surface area contributed by atoms with Crippen LogP contribution in [0.2, 0.25) is 5.02 Å². The summed E-state index contributed by atoms with van der Waals surface area (Å²) in [5.74, 6) is -4.34. The van der Waals surface area contributed by atoms with E-state index in [1.807, 2.05) is 5.32 Å². The number of nitrogens with one attached hydrogen (secondary N) is 1. The summed E-state index contributed by atoms with van der Waals surface area (Å²) in [6.45, 7) is 0. The second-order valence-corrected chi connectivity index (χ2v) is 8.62. The monoisotopic (exact) mass is 563 g/mol. The molecule has 200 valence electrons. The van der Waals surface area contributed by atoms with E-state index < -0.39 is 53.0 Å². The highest BCUT2D eigenvalue weighted by Gasteiger charge is 2.34. The average molecular weight is 564 g/mol. The van der Waals surface area contributed by atoms with E-state index in [0.29, 0.717) is 5.56 Å². The highest BCUT2D eigenvalue weighted by molar-refractivity contribution is 6.31. The molecule has 12 heteroatoms. The molecule has 0 aliphatic carbocycles. The van der Waals surface area contributed by atoms with Crippen molar-refractivity contribution in [2.24, 2.45) is 0 Å². The Kier molecular flexibility index (Phi) is 7.55. The Morgan fingerprint density at radius 3 is 2.49 bits per heavy atom. The molecule has 0 bridgehead atoms. The lowest BCUT2D eigenvalue weighted by Crippen LogP contribution is -2.22. The molecule has 1 amide bonds. The van der Waals surface area contributed by atoms with Crippen LogP contribution in [0.25, 0.3) is 28.2 Å². The van der Waals surface area contributed by atoms with Gasteiger partial charge in [-0.25, -0.2) is 18.4 Å². The molecular formula is C27H15ClF5NO5. The molecule has 0 aliphatic rings. The molecule has 0 fully saturated rings. The fourth-order valence-electron chi connectivity index (χ4n) is 3.91. The van der Waals surface area contributed by atoms with Crippen molar-refractivity contribution in [2.45, 2.75) is 12.6 Å². The zero-order valence-corrected chi connectivity index (χ0v) is 20.2. The maximum Gasteiger partial charge on any atom is 0.418 e. The van der Waals surface area contributed by atoms with Crippen LogP contribution in [0.3, 0.4) is 0 Å². The largest absolute Gasteiger partial charge is 0.478 e. The normalized spacial score (nSPS) is 11.7. The molecule has 6 nitrogen and oxygen atoms in total. The third kappa shape index (κ3) is 6.15. The van der Waals surface area contributed by atoms with Crippen LogP contribution >= 0.6 is 11.6 Å². The number of carbonyl (C=O) groups excluding carboxylic acids is 1. The lowest BCUT2D eigenvalue weighted by atomic mass is 9.94. The topological polar surface area (TPSA) is 96.6 Å². The average Bonchev–Trinajstić information content (AvgIpc) is 2.85. The maximum atomic E-state index is 14.5. The molecule has 4 aromatic rings. The van der Waals surface area contributed by atoms with Gasteiger partial charge in [-0.15, -0.1) is 0 Å². The highest BCUT2D eigenvalue weighted by Crippen LogP contribution is 2.36. The Hall–Kier alpha value is -4.51. The van der Waals surface area contributed by atoms with Gasteiger partial charge in [-0.1, -0.05) is 29.8 Å². The number of carboxylic acid groups (broad SMARTS) is 1. The van der Waals surface area contributed by atoms with Crippen molar-refractivity contribution in [1.82, 2.24) is 0 Å². The lowest BCUT2D eigenvalue weighted by molar-refractivity contribution is -0.137. The molecule has 0 spiro atoms. The van der Waals surface area contributed by atoms with Gasteiger partial charge in [0.1, 0.15) is 17.2 Å². The second kappa shape index (κ2) is 10.7. The van der Waals surface area contributed by atoms with Crippen molar-refractivity contribution >= 4 is 46.2 Å². The molecular weight excluding hydrogens is 549 g/mol. The van der Waals surface area contributed by atoms with Crippen LogP contribution in [-0.4, -0.2) is 17.0 Å². The van der Waals surface area contributed by atoms with Gasteiger partial charge in [-0.05, 0) is 47.5 Å². The highest BCUT2D eigenvalue weighted by atomic mass is 35.5. The van der Waals surface area contributed by atoms with Crippen LogP contribution in [0.15, 0.2) is 69.9 Å². The molecule has 1 aromatic heterocycles. The molecule has 1 heterocycles. The number of alkyl halides is 3. The van der Waals surface area contributed by atoms with Gasteiger partial charge >= 0.3 is 17.8 Å². The summed E-state index contributed by atoms with van der Waals surface area (Å²) >= 11 is 5.83. The van der Waals surface area contributed by atoms with Crippen LogP contribution in [-0.2, 0) is 22.2 Å². The minimum absolute atomic E-state index is 0.0210. The van der Waals surface area contributed by atoms with Gasteiger partial charge in [0.25, 0.3) is 0 Å². The number of halogens is 6. The van der Waals surface area contributed by atoms with Crippen LogP contribution in [0.1, 0.15) is 16.7 Å². The molecule has 39 heavy (non-hydrogen) atoms. The number of carbonyl (C=O) groups is 2. The second-order valence-electron chi connectivity index (χ2n) is 8.22. The fraction of sp³-hybridized carbons (Fsp3) is 0.0741. The number of rotatable bonds is 6. The standard InChI is InChI=1S/C27H15ClF5NO5/c28-19-12-22-16(10-20(19)30)25(14-3-1-2-13(8-14)4-7-24(36)37)17(26(38)39-22)11-23(35)34-21-6-5-15(29)9-18(21)27(31,32)33/h1-10,12H,11H2,(H,34,35)(H,36,37). The zero-order valence-electron chi connectivity index (χ0n) is 19.4. The van der Waals surface area contributed by atoms with Crippen molar-refractivity contribution in [3.8, 4) is 11.1 Å². The maximum absolute atomic E-state index is 14.5. The first-order valence-corrected chi connectivity index (χ1v) is 11.3. The number of carboxylic acids is 1. The fourth-order valence-corrected chi connectivity index (χ4v) is 4.06. The Morgan fingerprint density at radius 2 is 1.79 bits per heavy atom. The van der Waals surface area contributed by atoms with Crippen molar-refractivity contribution in [3.63, 3.8) is 0 Å². The summed E-state index contributed by atoms with van der Waals surface area (Å²) < 4.78 is 73.3. The number of anilines is 1. The lowest BCUT2D eigenvalue weighted by Gasteiger charge is -2.15. The van der Waals surface area contributed by atoms with Crippen molar-refractivity contribution in [1.29, 1.82) is 0 Å². The Labute approximate surface area is 220 Å². The van der Waals surface area contributed by atoms with E-state index in [-0.39, 0.29) is 38.7 Å². The zero-order chi connectivity index (χ0) is 28.5. The summed E-state index contributed by atoms with van der Waals surface area (Å²) in [7, 11) is 0. The molecule has 0 aliphatic heterocycles. The summed E-state index contributed by atoms with van der Waals surface area (Å²) in [6, 6.07) is 9.73. The van der Waals surface area contributed by atoms with Crippen molar-refractivity contribution in [2.75, 3.05) is 5.32 Å². The van der Waals surface area contributed by atoms with Gasteiger partial charge in [0.15, 0.2) is 0 Å². The predicted molar refractivity (Wildman–Crippen MR) is 133 cm³/mol. The van der Waals surface area contributed by atoms with Crippen molar-refractivity contribution < 1.29 is 41.1 Å². The number of hydrogen-bond donors (Lipinski definition) is 2. The number of amides is 1. The van der Waals surface area contributed by atoms with Gasteiger partial charge in [-0.3, -0.25) is 4.79 Å². The first kappa shape index (κ1) is 27.5. The van der Waals surface area contributed by atoms with Crippen LogP contribution < -0.4 is 10.9 Å². The van der Waals surface area contributed by atoms with Gasteiger partial charge in [0.05, 0.1) is 28.3 Å². The number of hydrogen-bond acceptors (Lipinski definition) is 4. The Balaban J connectivity index is 1.85. The van der Waals surface area contributed by atoms with E-state index >= 15 is 0 Å². The predicted octanol–water partition coefficient (Wildman–Crippen LogP) is 6.69. The van der Waals surface area contributed by atoms with Crippen LogP contribution in [0.4, 0.5) is 27.6 Å². The van der Waals surface area contributed by atoms with E-state index in [2.05, 4.69) is 0 Å². The van der Waals surface area contributed by atoms with Gasteiger partial charge in [0.2, 0.25) is 5.91 Å². The van der Waals surface area contributed by atoms with Crippen LogP contribution in [0, 0.1) is 11.6 Å². The molecule has 2 N–H and O–H groups in total. The Morgan fingerprint density at radius 1 is 1.05 bits per heavy atom.